The molecule has 1 aliphatic heterocycles. The number of ether oxygens (including phenoxy) is 2. The summed E-state index contributed by atoms with van der Waals surface area (Å²) in [5.74, 6) is 0.870. The molecular weight excluding hydrogens is 396 g/mol. The molecule has 30 heavy (non-hydrogen) atoms. The molecule has 1 aromatic heterocycles. The molecule has 2 aromatic carbocycles. The molecule has 1 aliphatic rings. The van der Waals surface area contributed by atoms with E-state index in [1.807, 2.05) is 36.1 Å². The number of carbonyl (C=O) groups excluding carboxylic acids is 1. The Bertz CT molecular complexity index is 993. The second-order valence-electron chi connectivity index (χ2n) is 7.51. The molecule has 1 unspecified atom stereocenters. The van der Waals surface area contributed by atoms with Crippen LogP contribution in [0.5, 0.6) is 5.75 Å². The molecule has 158 valence electrons. The number of nitrogens with zero attached hydrogens (tertiary/aromatic N) is 2. The van der Waals surface area contributed by atoms with Crippen molar-refractivity contribution in [2.24, 2.45) is 0 Å². The first kappa shape index (κ1) is 20.8. The van der Waals surface area contributed by atoms with Gasteiger partial charge in [0, 0.05) is 6.61 Å². The summed E-state index contributed by atoms with van der Waals surface area (Å²) in [5.41, 5.74) is 3.19. The number of anilines is 1. The van der Waals surface area contributed by atoms with Crippen LogP contribution in [0, 0.1) is 0 Å². The fraction of sp³-hybridized carbons (Fsp3) is 0.417. The predicted molar refractivity (Wildman–Crippen MR) is 122 cm³/mol. The number of fused-ring (bicyclic) bond motifs is 1. The molecule has 0 aliphatic carbocycles. The number of thiazole rings is 1. The van der Waals surface area contributed by atoms with Crippen LogP contribution in [0.2, 0.25) is 0 Å². The largest absolute Gasteiger partial charge is 0.494 e. The Morgan fingerprint density at radius 2 is 2.07 bits per heavy atom. The van der Waals surface area contributed by atoms with E-state index >= 15 is 0 Å². The van der Waals surface area contributed by atoms with E-state index < -0.39 is 0 Å². The van der Waals surface area contributed by atoms with Crippen LogP contribution in [0.25, 0.3) is 10.2 Å². The van der Waals surface area contributed by atoms with Crippen LogP contribution in [-0.4, -0.2) is 36.8 Å². The molecule has 0 bridgehead atoms. The van der Waals surface area contributed by atoms with Gasteiger partial charge in [-0.05, 0) is 55.5 Å². The second-order valence-corrected chi connectivity index (χ2v) is 8.52. The van der Waals surface area contributed by atoms with Crippen LogP contribution < -0.4 is 9.64 Å². The minimum absolute atomic E-state index is 0.0479. The molecule has 1 atom stereocenters. The maximum Gasteiger partial charge on any atom is 0.233 e. The number of aromatic nitrogens is 1. The topological polar surface area (TPSA) is 51.7 Å². The molecular formula is C24H28N2O3S. The van der Waals surface area contributed by atoms with E-state index in [1.165, 1.54) is 5.56 Å². The van der Waals surface area contributed by atoms with Crippen LogP contribution in [-0.2, 0) is 22.4 Å². The van der Waals surface area contributed by atoms with Crippen molar-refractivity contribution in [3.05, 3.63) is 53.6 Å². The lowest BCUT2D eigenvalue weighted by atomic mass is 10.1. The van der Waals surface area contributed by atoms with Crippen molar-refractivity contribution >= 4 is 32.6 Å². The van der Waals surface area contributed by atoms with Crippen molar-refractivity contribution in [3.63, 3.8) is 0 Å². The first-order chi connectivity index (χ1) is 14.7. The van der Waals surface area contributed by atoms with E-state index in [1.54, 1.807) is 11.3 Å². The predicted octanol–water partition coefficient (Wildman–Crippen LogP) is 5.01. The summed E-state index contributed by atoms with van der Waals surface area (Å²) in [6.45, 7) is 6.05. The van der Waals surface area contributed by atoms with E-state index in [2.05, 4.69) is 25.1 Å². The normalized spacial score (nSPS) is 16.1. The van der Waals surface area contributed by atoms with Gasteiger partial charge in [-0.1, -0.05) is 42.5 Å². The summed E-state index contributed by atoms with van der Waals surface area (Å²) in [4.78, 5) is 20.1. The zero-order valence-electron chi connectivity index (χ0n) is 17.6. The molecule has 1 saturated heterocycles. The molecule has 3 aromatic rings. The minimum atomic E-state index is 0.0479. The van der Waals surface area contributed by atoms with Gasteiger partial charge < -0.3 is 9.47 Å². The SMILES string of the molecule is CCOc1ccc(CC(=O)N(CC2CCCO2)c2nc3c(CC)cccc3s2)cc1. The highest BCUT2D eigenvalue weighted by Crippen LogP contribution is 2.32. The summed E-state index contributed by atoms with van der Waals surface area (Å²) in [6, 6.07) is 14.0. The van der Waals surface area contributed by atoms with E-state index in [0.29, 0.717) is 19.6 Å². The summed E-state index contributed by atoms with van der Waals surface area (Å²) >= 11 is 1.58. The first-order valence-electron chi connectivity index (χ1n) is 10.7. The number of carbonyl (C=O) groups is 1. The van der Waals surface area contributed by atoms with Gasteiger partial charge in [0.1, 0.15) is 5.75 Å². The number of para-hydroxylation sites is 1. The highest BCUT2D eigenvalue weighted by atomic mass is 32.1. The Morgan fingerprint density at radius 1 is 1.23 bits per heavy atom. The lowest BCUT2D eigenvalue weighted by Crippen LogP contribution is -2.38. The van der Waals surface area contributed by atoms with Gasteiger partial charge in [-0.2, -0.15) is 0 Å². The smallest absolute Gasteiger partial charge is 0.233 e. The van der Waals surface area contributed by atoms with Crippen LogP contribution in [0.4, 0.5) is 5.13 Å². The number of amides is 1. The van der Waals surface area contributed by atoms with Gasteiger partial charge in [0.15, 0.2) is 5.13 Å². The van der Waals surface area contributed by atoms with Gasteiger partial charge in [-0.3, -0.25) is 9.69 Å². The molecule has 1 amide bonds. The Kier molecular flexibility index (Phi) is 6.65. The molecule has 0 spiro atoms. The highest BCUT2D eigenvalue weighted by Gasteiger charge is 2.26. The van der Waals surface area contributed by atoms with E-state index in [0.717, 1.165) is 52.5 Å². The minimum Gasteiger partial charge on any atom is -0.494 e. The maximum absolute atomic E-state index is 13.3. The average Bonchev–Trinajstić information content (AvgIpc) is 3.42. The third-order valence-corrected chi connectivity index (χ3v) is 6.45. The van der Waals surface area contributed by atoms with Gasteiger partial charge >= 0.3 is 0 Å². The van der Waals surface area contributed by atoms with Gasteiger partial charge in [0.05, 0.1) is 35.9 Å². The molecule has 6 heteroatoms. The van der Waals surface area contributed by atoms with Crippen LogP contribution >= 0.6 is 11.3 Å². The van der Waals surface area contributed by atoms with E-state index in [-0.39, 0.29) is 12.0 Å². The molecule has 0 radical (unpaired) electrons. The Balaban J connectivity index is 1.59. The number of hydrogen-bond acceptors (Lipinski definition) is 5. The van der Waals surface area contributed by atoms with Crippen molar-refractivity contribution in [3.8, 4) is 5.75 Å². The number of rotatable bonds is 8. The summed E-state index contributed by atoms with van der Waals surface area (Å²) in [5, 5.41) is 0.761. The van der Waals surface area contributed by atoms with Gasteiger partial charge in [-0.25, -0.2) is 4.98 Å². The maximum atomic E-state index is 13.3. The monoisotopic (exact) mass is 424 g/mol. The Morgan fingerprint density at radius 3 is 2.77 bits per heavy atom. The average molecular weight is 425 g/mol. The zero-order chi connectivity index (χ0) is 20.9. The lowest BCUT2D eigenvalue weighted by molar-refractivity contribution is -0.118. The van der Waals surface area contributed by atoms with Gasteiger partial charge in [0.2, 0.25) is 5.91 Å². The quantitative estimate of drug-likeness (QED) is 0.510. The van der Waals surface area contributed by atoms with Crippen LogP contribution in [0.3, 0.4) is 0 Å². The fourth-order valence-electron chi connectivity index (χ4n) is 3.81. The summed E-state index contributed by atoms with van der Waals surface area (Å²) in [7, 11) is 0. The van der Waals surface area contributed by atoms with Gasteiger partial charge in [-0.15, -0.1) is 0 Å². The molecule has 0 N–H and O–H groups in total. The third kappa shape index (κ3) is 4.65. The third-order valence-electron chi connectivity index (χ3n) is 5.40. The van der Waals surface area contributed by atoms with E-state index in [9.17, 15) is 4.79 Å². The zero-order valence-corrected chi connectivity index (χ0v) is 18.4. The van der Waals surface area contributed by atoms with Crippen LogP contribution in [0.15, 0.2) is 42.5 Å². The number of aryl methyl sites for hydroxylation is 1. The molecule has 0 saturated carbocycles. The number of benzene rings is 2. The van der Waals surface area contributed by atoms with Crippen molar-refractivity contribution in [2.75, 3.05) is 24.7 Å². The van der Waals surface area contributed by atoms with Crippen LogP contribution in [0.1, 0.15) is 37.8 Å². The number of hydrogen-bond donors (Lipinski definition) is 0. The molecule has 2 heterocycles. The van der Waals surface area contributed by atoms with Crippen molar-refractivity contribution < 1.29 is 14.3 Å². The second kappa shape index (κ2) is 9.58. The van der Waals surface area contributed by atoms with Gasteiger partial charge in [0.25, 0.3) is 0 Å². The van der Waals surface area contributed by atoms with Crippen molar-refractivity contribution in [1.29, 1.82) is 0 Å². The first-order valence-corrected chi connectivity index (χ1v) is 11.5. The lowest BCUT2D eigenvalue weighted by Gasteiger charge is -2.23. The summed E-state index contributed by atoms with van der Waals surface area (Å²) < 4.78 is 12.5. The highest BCUT2D eigenvalue weighted by molar-refractivity contribution is 7.22. The summed E-state index contributed by atoms with van der Waals surface area (Å²) in [6.07, 6.45) is 3.36. The standard InChI is InChI=1S/C24H28N2O3S/c1-3-18-7-5-9-21-23(18)25-24(30-21)26(16-20-8-6-14-29-20)22(27)15-17-10-12-19(13-11-17)28-4-2/h5,7,9-13,20H,3-4,6,8,14-16H2,1-2H3. The Hall–Kier alpha value is -2.44. The molecule has 4 rings (SSSR count). The van der Waals surface area contributed by atoms with Crippen molar-refractivity contribution in [1.82, 2.24) is 4.98 Å². The van der Waals surface area contributed by atoms with E-state index in [4.69, 9.17) is 14.5 Å². The Labute approximate surface area is 181 Å². The fourth-order valence-corrected chi connectivity index (χ4v) is 4.85. The van der Waals surface area contributed by atoms with Crippen molar-refractivity contribution in [2.45, 2.75) is 45.6 Å². The molecule has 5 nitrogen and oxygen atoms in total. The molecule has 1 fully saturated rings.